The van der Waals surface area contributed by atoms with E-state index in [9.17, 15) is 5.11 Å². The van der Waals surface area contributed by atoms with Crippen LogP contribution in [0.25, 0.3) is 0 Å². The van der Waals surface area contributed by atoms with Gasteiger partial charge in [-0.25, -0.2) is 0 Å². The fourth-order valence-electron chi connectivity index (χ4n) is 2.73. The summed E-state index contributed by atoms with van der Waals surface area (Å²) in [5.41, 5.74) is -0.574. The van der Waals surface area contributed by atoms with E-state index in [0.29, 0.717) is 12.1 Å². The second kappa shape index (κ2) is 5.99. The third kappa shape index (κ3) is 4.40. The van der Waals surface area contributed by atoms with Crippen molar-refractivity contribution in [1.82, 2.24) is 10.2 Å². The Labute approximate surface area is 100 Å². The summed E-state index contributed by atoms with van der Waals surface area (Å²) in [5.74, 6) is 0. The van der Waals surface area contributed by atoms with Crippen molar-refractivity contribution in [3.05, 3.63) is 0 Å². The topological polar surface area (TPSA) is 35.5 Å². The van der Waals surface area contributed by atoms with Gasteiger partial charge in [-0.05, 0) is 53.1 Å². The quantitative estimate of drug-likeness (QED) is 0.750. The minimum Gasteiger partial charge on any atom is -0.389 e. The summed E-state index contributed by atoms with van der Waals surface area (Å²) >= 11 is 0. The number of likely N-dealkylation sites (N-methyl/N-ethyl adjacent to an activating group) is 1. The van der Waals surface area contributed by atoms with E-state index in [2.05, 4.69) is 24.2 Å². The Morgan fingerprint density at radius 3 is 2.19 bits per heavy atom. The van der Waals surface area contributed by atoms with Gasteiger partial charge in [0.2, 0.25) is 0 Å². The summed E-state index contributed by atoms with van der Waals surface area (Å²) in [6.07, 6.45) is 5.05. The Morgan fingerprint density at radius 2 is 1.81 bits per heavy atom. The van der Waals surface area contributed by atoms with E-state index >= 15 is 0 Å². The lowest BCUT2D eigenvalue weighted by atomic mass is 9.89. The number of aliphatic hydroxyl groups is 1. The van der Waals surface area contributed by atoms with Gasteiger partial charge in [0.15, 0.2) is 0 Å². The minimum absolute atomic E-state index is 0.574. The number of hydrogen-bond donors (Lipinski definition) is 2. The van der Waals surface area contributed by atoms with Crippen LogP contribution < -0.4 is 5.32 Å². The van der Waals surface area contributed by atoms with Gasteiger partial charge < -0.3 is 10.4 Å². The zero-order chi connectivity index (χ0) is 12.2. The summed E-state index contributed by atoms with van der Waals surface area (Å²) in [6.45, 7) is 7.82. The second-order valence-electron chi connectivity index (χ2n) is 5.67. The molecule has 3 heteroatoms. The Morgan fingerprint density at radius 1 is 1.25 bits per heavy atom. The van der Waals surface area contributed by atoms with Crippen LogP contribution >= 0.6 is 0 Å². The molecule has 0 aromatic heterocycles. The van der Waals surface area contributed by atoms with Crippen LogP contribution in [0, 0.1) is 0 Å². The summed E-state index contributed by atoms with van der Waals surface area (Å²) in [7, 11) is 2.05. The van der Waals surface area contributed by atoms with Gasteiger partial charge in [0.1, 0.15) is 0 Å². The highest BCUT2D eigenvalue weighted by Crippen LogP contribution is 2.24. The van der Waals surface area contributed by atoms with Crippen LogP contribution in [0.15, 0.2) is 0 Å². The Balaban J connectivity index is 2.43. The third-order valence-corrected chi connectivity index (χ3v) is 3.62. The molecule has 0 heterocycles. The standard InChI is InChI=1S/C13H28N2O/c1-5-15(10-13(2,3)16)12-8-6-11(14-4)7-9-12/h11-12,14,16H,5-10H2,1-4H3. The van der Waals surface area contributed by atoms with Crippen molar-refractivity contribution < 1.29 is 5.11 Å². The van der Waals surface area contributed by atoms with E-state index in [4.69, 9.17) is 0 Å². The molecule has 1 rings (SSSR count). The lowest BCUT2D eigenvalue weighted by Gasteiger charge is -2.38. The predicted octanol–water partition coefficient (Wildman–Crippen LogP) is 1.61. The minimum atomic E-state index is -0.574. The highest BCUT2D eigenvalue weighted by molar-refractivity contribution is 4.84. The first kappa shape index (κ1) is 13.9. The Kier molecular flexibility index (Phi) is 5.22. The molecule has 1 aliphatic rings. The molecule has 0 aromatic rings. The molecule has 0 amide bonds. The highest BCUT2D eigenvalue weighted by atomic mass is 16.3. The van der Waals surface area contributed by atoms with Gasteiger partial charge in [0.05, 0.1) is 5.60 Å². The van der Waals surface area contributed by atoms with Crippen LogP contribution in [0.4, 0.5) is 0 Å². The van der Waals surface area contributed by atoms with Crippen molar-refractivity contribution in [1.29, 1.82) is 0 Å². The van der Waals surface area contributed by atoms with E-state index in [0.717, 1.165) is 13.1 Å². The number of rotatable bonds is 5. The molecule has 2 N–H and O–H groups in total. The second-order valence-corrected chi connectivity index (χ2v) is 5.67. The molecule has 3 nitrogen and oxygen atoms in total. The van der Waals surface area contributed by atoms with Crippen molar-refractivity contribution in [2.45, 2.75) is 64.1 Å². The van der Waals surface area contributed by atoms with E-state index in [1.807, 2.05) is 13.8 Å². The van der Waals surface area contributed by atoms with E-state index in [-0.39, 0.29) is 0 Å². The first-order valence-corrected chi connectivity index (χ1v) is 6.60. The average Bonchev–Trinajstić information content (AvgIpc) is 2.25. The van der Waals surface area contributed by atoms with Crippen LogP contribution in [0.3, 0.4) is 0 Å². The summed E-state index contributed by atoms with van der Waals surface area (Å²) < 4.78 is 0. The molecule has 1 saturated carbocycles. The van der Waals surface area contributed by atoms with Crippen LogP contribution in [0.5, 0.6) is 0 Å². The highest BCUT2D eigenvalue weighted by Gasteiger charge is 2.27. The number of nitrogens with zero attached hydrogens (tertiary/aromatic N) is 1. The fraction of sp³-hybridized carbons (Fsp3) is 1.00. The molecule has 1 aliphatic carbocycles. The first-order chi connectivity index (χ1) is 7.46. The fourth-order valence-corrected chi connectivity index (χ4v) is 2.73. The average molecular weight is 228 g/mol. The van der Waals surface area contributed by atoms with Crippen molar-refractivity contribution in [2.24, 2.45) is 0 Å². The lowest BCUT2D eigenvalue weighted by Crippen LogP contribution is -2.47. The van der Waals surface area contributed by atoms with E-state index in [1.165, 1.54) is 25.7 Å². The number of hydrogen-bond acceptors (Lipinski definition) is 3. The summed E-state index contributed by atoms with van der Waals surface area (Å²) in [4.78, 5) is 2.44. The first-order valence-electron chi connectivity index (χ1n) is 6.60. The molecule has 0 unspecified atom stereocenters. The number of nitrogens with one attached hydrogen (secondary N) is 1. The molecule has 0 bridgehead atoms. The van der Waals surface area contributed by atoms with Gasteiger partial charge in [-0.3, -0.25) is 4.90 Å². The molecule has 96 valence electrons. The van der Waals surface area contributed by atoms with Crippen LogP contribution in [-0.4, -0.2) is 47.8 Å². The van der Waals surface area contributed by atoms with Crippen LogP contribution in [0.2, 0.25) is 0 Å². The van der Waals surface area contributed by atoms with E-state index in [1.54, 1.807) is 0 Å². The van der Waals surface area contributed by atoms with Crippen LogP contribution in [-0.2, 0) is 0 Å². The van der Waals surface area contributed by atoms with Crippen molar-refractivity contribution in [3.8, 4) is 0 Å². The monoisotopic (exact) mass is 228 g/mol. The SMILES string of the molecule is CCN(CC(C)(C)O)C1CCC(NC)CC1. The van der Waals surface area contributed by atoms with Crippen molar-refractivity contribution in [2.75, 3.05) is 20.1 Å². The molecule has 0 aliphatic heterocycles. The zero-order valence-electron chi connectivity index (χ0n) is 11.3. The molecule has 0 atom stereocenters. The molecule has 0 aromatic carbocycles. The lowest BCUT2D eigenvalue weighted by molar-refractivity contribution is 0.0146. The van der Waals surface area contributed by atoms with E-state index < -0.39 is 5.60 Å². The van der Waals surface area contributed by atoms with Crippen molar-refractivity contribution >= 4 is 0 Å². The van der Waals surface area contributed by atoms with Gasteiger partial charge >= 0.3 is 0 Å². The van der Waals surface area contributed by atoms with Gasteiger partial charge in [0, 0.05) is 18.6 Å². The molecular weight excluding hydrogens is 200 g/mol. The third-order valence-electron chi connectivity index (χ3n) is 3.62. The van der Waals surface area contributed by atoms with Gasteiger partial charge in [-0.2, -0.15) is 0 Å². The normalized spacial score (nSPS) is 27.4. The van der Waals surface area contributed by atoms with Gasteiger partial charge in [0.25, 0.3) is 0 Å². The smallest absolute Gasteiger partial charge is 0.0718 e. The zero-order valence-corrected chi connectivity index (χ0v) is 11.3. The molecule has 16 heavy (non-hydrogen) atoms. The van der Waals surface area contributed by atoms with Gasteiger partial charge in [-0.1, -0.05) is 6.92 Å². The molecule has 0 spiro atoms. The van der Waals surface area contributed by atoms with Crippen LogP contribution in [0.1, 0.15) is 46.5 Å². The Bertz CT molecular complexity index is 193. The summed E-state index contributed by atoms with van der Waals surface area (Å²) in [5, 5.41) is 13.3. The van der Waals surface area contributed by atoms with Crippen molar-refractivity contribution in [3.63, 3.8) is 0 Å². The maximum atomic E-state index is 9.89. The molecule has 0 radical (unpaired) electrons. The maximum Gasteiger partial charge on any atom is 0.0718 e. The molecule has 1 fully saturated rings. The van der Waals surface area contributed by atoms with Gasteiger partial charge in [-0.15, -0.1) is 0 Å². The molecule has 0 saturated heterocycles. The largest absolute Gasteiger partial charge is 0.389 e. The maximum absolute atomic E-state index is 9.89. The summed E-state index contributed by atoms with van der Waals surface area (Å²) in [6, 6.07) is 1.37. The predicted molar refractivity (Wildman–Crippen MR) is 68.6 cm³/mol. The molecular formula is C13H28N2O. The Hall–Kier alpha value is -0.120.